The Bertz CT molecular complexity index is 881. The maximum absolute atomic E-state index is 12.8. The third-order valence-corrected chi connectivity index (χ3v) is 5.61. The molecule has 1 atom stereocenters. The molecule has 0 aliphatic rings. The van der Waals surface area contributed by atoms with Crippen molar-refractivity contribution >= 4 is 33.2 Å². The van der Waals surface area contributed by atoms with Gasteiger partial charge in [0, 0.05) is 10.6 Å². The summed E-state index contributed by atoms with van der Waals surface area (Å²) in [5, 5.41) is 3.46. The summed E-state index contributed by atoms with van der Waals surface area (Å²) in [6.07, 6.45) is 1.71. The Hall–Kier alpha value is -2.05. The first-order valence-corrected chi connectivity index (χ1v) is 10.8. The molecule has 0 bridgehead atoms. The fourth-order valence-electron chi connectivity index (χ4n) is 2.99. The van der Waals surface area contributed by atoms with Gasteiger partial charge < -0.3 is 5.32 Å². The number of rotatable bonds is 7. The van der Waals surface area contributed by atoms with Crippen molar-refractivity contribution in [3.05, 3.63) is 65.2 Å². The summed E-state index contributed by atoms with van der Waals surface area (Å²) in [4.78, 5) is 12.8. The number of hydrogen-bond acceptors (Lipinski definition) is 3. The van der Waals surface area contributed by atoms with Gasteiger partial charge in [0.1, 0.15) is 6.04 Å². The average Bonchev–Trinajstić information content (AvgIpc) is 2.55. The van der Waals surface area contributed by atoms with Gasteiger partial charge in [-0.2, -0.15) is 0 Å². The standard InChI is InChI=1S/C20H25ClN2O3S/c1-15(23(27(4,25)26)18-12-10-17(21)11-13-18)19(24)22-20(2,3)14-16-8-6-5-7-9-16/h5-13,15H,14H2,1-4H3,(H,22,24). The van der Waals surface area contributed by atoms with E-state index in [1.807, 2.05) is 44.2 Å². The van der Waals surface area contributed by atoms with Crippen molar-refractivity contribution in [1.29, 1.82) is 0 Å². The molecule has 1 N–H and O–H groups in total. The van der Waals surface area contributed by atoms with Crippen LogP contribution in [0.2, 0.25) is 5.02 Å². The smallest absolute Gasteiger partial charge is 0.244 e. The molecule has 0 saturated carbocycles. The van der Waals surface area contributed by atoms with E-state index in [1.54, 1.807) is 31.2 Å². The Kier molecular flexibility index (Phi) is 6.54. The molecule has 2 aromatic carbocycles. The van der Waals surface area contributed by atoms with Crippen molar-refractivity contribution in [3.8, 4) is 0 Å². The predicted octanol–water partition coefficient (Wildman–Crippen LogP) is 3.63. The molecule has 1 unspecified atom stereocenters. The molecule has 5 nitrogen and oxygen atoms in total. The molecule has 1 amide bonds. The van der Waals surface area contributed by atoms with E-state index in [0.29, 0.717) is 17.1 Å². The van der Waals surface area contributed by atoms with E-state index in [2.05, 4.69) is 5.32 Å². The van der Waals surface area contributed by atoms with E-state index in [4.69, 9.17) is 11.6 Å². The normalized spacial score (nSPS) is 13.1. The summed E-state index contributed by atoms with van der Waals surface area (Å²) in [6, 6.07) is 15.3. The van der Waals surface area contributed by atoms with Gasteiger partial charge in [-0.05, 0) is 57.0 Å². The van der Waals surface area contributed by atoms with Crippen LogP contribution in [-0.2, 0) is 21.2 Å². The molecule has 2 aromatic rings. The molecule has 0 fully saturated rings. The maximum atomic E-state index is 12.8. The highest BCUT2D eigenvalue weighted by Gasteiger charge is 2.32. The average molecular weight is 409 g/mol. The van der Waals surface area contributed by atoms with E-state index >= 15 is 0 Å². The van der Waals surface area contributed by atoms with Gasteiger partial charge in [0.15, 0.2) is 0 Å². The number of nitrogens with zero attached hydrogens (tertiary/aromatic N) is 1. The second-order valence-corrected chi connectivity index (χ2v) is 9.54. The summed E-state index contributed by atoms with van der Waals surface area (Å²) in [5.74, 6) is -0.365. The number of halogens is 1. The zero-order chi connectivity index (χ0) is 20.2. The number of sulfonamides is 1. The lowest BCUT2D eigenvalue weighted by atomic mass is 9.94. The van der Waals surface area contributed by atoms with Crippen molar-refractivity contribution in [2.75, 3.05) is 10.6 Å². The molecule has 0 spiro atoms. The molecule has 2 rings (SSSR count). The Morgan fingerprint density at radius 1 is 1.11 bits per heavy atom. The van der Waals surface area contributed by atoms with E-state index in [0.717, 1.165) is 16.1 Å². The van der Waals surface area contributed by atoms with Crippen LogP contribution < -0.4 is 9.62 Å². The van der Waals surface area contributed by atoms with Crippen molar-refractivity contribution in [2.24, 2.45) is 0 Å². The van der Waals surface area contributed by atoms with Gasteiger partial charge in [0.05, 0.1) is 11.9 Å². The number of carbonyl (C=O) groups is 1. The second-order valence-electron chi connectivity index (χ2n) is 7.25. The molecule has 0 aliphatic carbocycles. The van der Waals surface area contributed by atoms with Gasteiger partial charge >= 0.3 is 0 Å². The van der Waals surface area contributed by atoms with Crippen molar-refractivity contribution in [3.63, 3.8) is 0 Å². The Balaban J connectivity index is 2.20. The zero-order valence-electron chi connectivity index (χ0n) is 15.9. The van der Waals surface area contributed by atoms with Crippen molar-refractivity contribution in [1.82, 2.24) is 5.32 Å². The van der Waals surface area contributed by atoms with Crippen LogP contribution in [0.3, 0.4) is 0 Å². The highest BCUT2D eigenvalue weighted by Crippen LogP contribution is 2.23. The third-order valence-electron chi connectivity index (χ3n) is 4.12. The number of hydrogen-bond donors (Lipinski definition) is 1. The molecule has 0 aliphatic heterocycles. The first-order chi connectivity index (χ1) is 12.5. The SMILES string of the molecule is CC(C(=O)NC(C)(C)Cc1ccccc1)N(c1ccc(Cl)cc1)S(C)(=O)=O. The number of nitrogens with one attached hydrogen (secondary N) is 1. The Labute approximate surface area is 166 Å². The van der Waals surface area contributed by atoms with Gasteiger partial charge in [-0.3, -0.25) is 9.10 Å². The number of benzene rings is 2. The van der Waals surface area contributed by atoms with Crippen LogP contribution in [0.1, 0.15) is 26.3 Å². The van der Waals surface area contributed by atoms with Gasteiger partial charge in [-0.25, -0.2) is 8.42 Å². The van der Waals surface area contributed by atoms with Crippen LogP contribution in [0.5, 0.6) is 0 Å². The Morgan fingerprint density at radius 3 is 2.19 bits per heavy atom. The quantitative estimate of drug-likeness (QED) is 0.760. The molecular weight excluding hydrogens is 384 g/mol. The molecule has 0 aromatic heterocycles. The fourth-order valence-corrected chi connectivity index (χ4v) is 4.29. The van der Waals surface area contributed by atoms with Gasteiger partial charge in [0.25, 0.3) is 0 Å². The summed E-state index contributed by atoms with van der Waals surface area (Å²) in [7, 11) is -3.66. The van der Waals surface area contributed by atoms with Gasteiger partial charge in [0.2, 0.25) is 15.9 Å². The van der Waals surface area contributed by atoms with Gasteiger partial charge in [-0.15, -0.1) is 0 Å². The summed E-state index contributed by atoms with van der Waals surface area (Å²) < 4.78 is 25.8. The number of anilines is 1. The minimum Gasteiger partial charge on any atom is -0.349 e. The minimum absolute atomic E-state index is 0.365. The van der Waals surface area contributed by atoms with Crippen LogP contribution in [0.4, 0.5) is 5.69 Å². The minimum atomic E-state index is -3.66. The zero-order valence-corrected chi connectivity index (χ0v) is 17.5. The van der Waals surface area contributed by atoms with E-state index in [1.165, 1.54) is 0 Å². The highest BCUT2D eigenvalue weighted by molar-refractivity contribution is 7.92. The fraction of sp³-hybridized carbons (Fsp3) is 0.350. The summed E-state index contributed by atoms with van der Waals surface area (Å²) >= 11 is 5.89. The lowest BCUT2D eigenvalue weighted by Crippen LogP contribution is -2.54. The van der Waals surface area contributed by atoms with Gasteiger partial charge in [-0.1, -0.05) is 41.9 Å². The molecule has 0 radical (unpaired) electrons. The highest BCUT2D eigenvalue weighted by atomic mass is 35.5. The first kappa shape index (κ1) is 21.3. The van der Waals surface area contributed by atoms with Crippen LogP contribution in [0, 0.1) is 0 Å². The molecular formula is C20H25ClN2O3S. The third kappa shape index (κ3) is 5.97. The lowest BCUT2D eigenvalue weighted by molar-refractivity contribution is -0.123. The molecule has 0 heterocycles. The number of amides is 1. The summed E-state index contributed by atoms with van der Waals surface area (Å²) in [5.41, 5.74) is 0.953. The van der Waals surface area contributed by atoms with Crippen molar-refractivity contribution in [2.45, 2.75) is 38.8 Å². The van der Waals surface area contributed by atoms with Crippen LogP contribution in [0.25, 0.3) is 0 Å². The molecule has 0 saturated heterocycles. The maximum Gasteiger partial charge on any atom is 0.244 e. The topological polar surface area (TPSA) is 66.5 Å². The van der Waals surface area contributed by atoms with Crippen LogP contribution in [0.15, 0.2) is 54.6 Å². The van der Waals surface area contributed by atoms with Crippen molar-refractivity contribution < 1.29 is 13.2 Å². The second kappa shape index (κ2) is 8.31. The molecule has 27 heavy (non-hydrogen) atoms. The summed E-state index contributed by atoms with van der Waals surface area (Å²) in [6.45, 7) is 5.40. The number of carbonyl (C=O) groups excluding carboxylic acids is 1. The van der Waals surface area contributed by atoms with Crippen LogP contribution in [-0.4, -0.2) is 32.2 Å². The predicted molar refractivity (Wildman–Crippen MR) is 111 cm³/mol. The van der Waals surface area contributed by atoms with E-state index < -0.39 is 21.6 Å². The van der Waals surface area contributed by atoms with Crippen LogP contribution >= 0.6 is 11.6 Å². The molecule has 146 valence electrons. The lowest BCUT2D eigenvalue weighted by Gasteiger charge is -2.32. The van der Waals surface area contributed by atoms with E-state index in [9.17, 15) is 13.2 Å². The molecule has 7 heteroatoms. The Morgan fingerprint density at radius 2 is 1.67 bits per heavy atom. The largest absolute Gasteiger partial charge is 0.349 e. The monoisotopic (exact) mass is 408 g/mol. The van der Waals surface area contributed by atoms with E-state index in [-0.39, 0.29) is 5.91 Å². The first-order valence-electron chi connectivity index (χ1n) is 8.60.